The summed E-state index contributed by atoms with van der Waals surface area (Å²) in [5.74, 6) is -0.943. The summed E-state index contributed by atoms with van der Waals surface area (Å²) in [6.07, 6.45) is -0.552. The van der Waals surface area contributed by atoms with E-state index in [1.807, 2.05) is 42.5 Å². The molecular formula is C21H26BNO6. The van der Waals surface area contributed by atoms with Crippen LogP contribution in [0.15, 0.2) is 54.6 Å². The van der Waals surface area contributed by atoms with Crippen LogP contribution in [-0.2, 0) is 34.8 Å². The van der Waals surface area contributed by atoms with Gasteiger partial charge in [-0.15, -0.1) is 0 Å². The number of esters is 1. The predicted molar refractivity (Wildman–Crippen MR) is 110 cm³/mol. The fraction of sp³-hybridized carbons (Fsp3) is 0.333. The molecule has 0 unspecified atom stereocenters. The van der Waals surface area contributed by atoms with E-state index in [2.05, 4.69) is 5.32 Å². The van der Waals surface area contributed by atoms with E-state index in [9.17, 15) is 9.59 Å². The highest BCUT2D eigenvalue weighted by molar-refractivity contribution is 6.61. The molecule has 7 nitrogen and oxygen atoms in total. The van der Waals surface area contributed by atoms with Gasteiger partial charge >= 0.3 is 13.1 Å². The molecule has 0 aliphatic rings. The van der Waals surface area contributed by atoms with Crippen molar-refractivity contribution in [3.05, 3.63) is 65.7 Å². The summed E-state index contributed by atoms with van der Waals surface area (Å²) >= 11 is 0. The maximum absolute atomic E-state index is 12.7. The zero-order valence-corrected chi connectivity index (χ0v) is 17.1. The van der Waals surface area contributed by atoms with Gasteiger partial charge in [-0.2, -0.15) is 0 Å². The van der Waals surface area contributed by atoms with E-state index in [4.69, 9.17) is 18.8 Å². The van der Waals surface area contributed by atoms with Gasteiger partial charge < -0.3 is 24.1 Å². The van der Waals surface area contributed by atoms with Crippen molar-refractivity contribution in [1.82, 2.24) is 5.32 Å². The third kappa shape index (κ3) is 6.15. The molecule has 0 saturated carbocycles. The third-order valence-electron chi connectivity index (χ3n) is 4.50. The van der Waals surface area contributed by atoms with E-state index in [1.165, 1.54) is 14.2 Å². The van der Waals surface area contributed by atoms with Crippen LogP contribution in [0.1, 0.15) is 17.2 Å². The van der Waals surface area contributed by atoms with Crippen molar-refractivity contribution in [1.29, 1.82) is 0 Å². The fourth-order valence-corrected chi connectivity index (χ4v) is 3.02. The summed E-state index contributed by atoms with van der Waals surface area (Å²) < 4.78 is 20.7. The van der Waals surface area contributed by atoms with E-state index < -0.39 is 31.1 Å². The Balaban J connectivity index is 2.13. The molecule has 29 heavy (non-hydrogen) atoms. The van der Waals surface area contributed by atoms with Crippen LogP contribution in [0.25, 0.3) is 0 Å². The first-order chi connectivity index (χ1) is 14.0. The summed E-state index contributed by atoms with van der Waals surface area (Å²) in [6, 6.07) is 15.6. The van der Waals surface area contributed by atoms with E-state index >= 15 is 0 Å². The van der Waals surface area contributed by atoms with Gasteiger partial charge in [-0.3, -0.25) is 4.79 Å². The highest BCUT2D eigenvalue weighted by atomic mass is 16.6. The number of rotatable bonds is 10. The molecule has 0 fully saturated rings. The second-order valence-electron chi connectivity index (χ2n) is 6.36. The van der Waals surface area contributed by atoms with Crippen molar-refractivity contribution < 1.29 is 28.4 Å². The minimum absolute atomic E-state index is 0.272. The first-order valence-corrected chi connectivity index (χ1v) is 9.14. The Hall–Kier alpha value is -2.68. The van der Waals surface area contributed by atoms with Gasteiger partial charge in [0.15, 0.2) is 6.10 Å². The summed E-state index contributed by atoms with van der Waals surface area (Å²) in [6.45, 7) is 0. The number of ether oxygens (including phenoxy) is 2. The van der Waals surface area contributed by atoms with Crippen molar-refractivity contribution in [2.45, 2.75) is 18.6 Å². The Labute approximate surface area is 171 Å². The molecule has 0 aliphatic carbocycles. The Morgan fingerprint density at radius 2 is 1.55 bits per heavy atom. The molecule has 1 N–H and O–H groups in total. The second kappa shape index (κ2) is 11.4. The topological polar surface area (TPSA) is 83.1 Å². The zero-order valence-electron chi connectivity index (χ0n) is 17.1. The van der Waals surface area contributed by atoms with E-state index in [0.717, 1.165) is 11.0 Å². The maximum Gasteiger partial charge on any atom is 0.493 e. The minimum atomic E-state index is -0.847. The third-order valence-corrected chi connectivity index (χ3v) is 4.50. The van der Waals surface area contributed by atoms with Crippen LogP contribution in [0.3, 0.4) is 0 Å². The number of hydrogen-bond acceptors (Lipinski definition) is 6. The molecule has 0 radical (unpaired) electrons. The Morgan fingerprint density at radius 3 is 2.07 bits per heavy atom. The van der Waals surface area contributed by atoms with Gasteiger partial charge in [-0.1, -0.05) is 54.6 Å². The molecule has 0 aromatic heterocycles. The summed E-state index contributed by atoms with van der Waals surface area (Å²) in [5, 5.41) is 2.74. The van der Waals surface area contributed by atoms with Gasteiger partial charge in [0.05, 0.1) is 7.11 Å². The van der Waals surface area contributed by atoms with Gasteiger partial charge in [0.2, 0.25) is 0 Å². The lowest BCUT2D eigenvalue weighted by atomic mass is 9.78. The molecule has 0 bridgehead atoms. The first kappa shape index (κ1) is 22.6. The molecular weight excluding hydrogens is 373 g/mol. The summed E-state index contributed by atoms with van der Waals surface area (Å²) in [5.41, 5.74) is 2.40. The molecule has 0 aliphatic heterocycles. The van der Waals surface area contributed by atoms with Crippen molar-refractivity contribution in [2.75, 3.05) is 28.4 Å². The lowest BCUT2D eigenvalue weighted by Crippen LogP contribution is -2.45. The maximum atomic E-state index is 12.7. The normalized spacial score (nSPS) is 12.7. The Kier molecular flexibility index (Phi) is 8.86. The molecule has 2 aromatic carbocycles. The fourth-order valence-electron chi connectivity index (χ4n) is 3.02. The molecule has 2 aromatic rings. The number of carbonyl (C=O) groups is 2. The molecule has 2 atom stereocenters. The van der Waals surface area contributed by atoms with Crippen LogP contribution >= 0.6 is 0 Å². The van der Waals surface area contributed by atoms with Crippen molar-refractivity contribution >= 4 is 24.5 Å². The van der Waals surface area contributed by atoms with Crippen LogP contribution in [0.4, 0.5) is 0 Å². The zero-order chi connectivity index (χ0) is 21.2. The first-order valence-electron chi connectivity index (χ1n) is 9.14. The average Bonchev–Trinajstić information content (AvgIpc) is 2.76. The number of amides is 1. The van der Waals surface area contributed by atoms with Crippen LogP contribution in [0.5, 0.6) is 0 Å². The molecule has 154 valence electrons. The summed E-state index contributed by atoms with van der Waals surface area (Å²) in [7, 11) is 5.39. The summed E-state index contributed by atoms with van der Waals surface area (Å²) in [4.78, 5) is 25.0. The van der Waals surface area contributed by atoms with Crippen molar-refractivity contribution in [2.24, 2.45) is 0 Å². The van der Waals surface area contributed by atoms with Crippen LogP contribution in [0, 0.1) is 0 Å². The molecule has 8 heteroatoms. The Bertz CT molecular complexity index is 780. The van der Waals surface area contributed by atoms with Gasteiger partial charge in [0.1, 0.15) is 6.04 Å². The lowest BCUT2D eigenvalue weighted by molar-refractivity contribution is -0.146. The van der Waals surface area contributed by atoms with Crippen LogP contribution in [-0.4, -0.2) is 53.5 Å². The number of methoxy groups -OCH3 is 2. The largest absolute Gasteiger partial charge is 0.493 e. The van der Waals surface area contributed by atoms with E-state index in [0.29, 0.717) is 5.56 Å². The standard InChI is InChI=1S/C21H26BNO6/c1-26-19(16-8-6-5-7-9-16)20(24)23-18(21(25)27-2)14-15-10-12-17(13-11-15)22(28-3)29-4/h5-13,18-19H,14H2,1-4H3,(H,23,24)/t18-,19-/m0/s1. The number of carbonyl (C=O) groups excluding carboxylic acids is 2. The van der Waals surface area contributed by atoms with Gasteiger partial charge in [0, 0.05) is 27.8 Å². The second-order valence-corrected chi connectivity index (χ2v) is 6.36. The van der Waals surface area contributed by atoms with E-state index in [-0.39, 0.29) is 6.42 Å². The van der Waals surface area contributed by atoms with Crippen LogP contribution < -0.4 is 10.8 Å². The monoisotopic (exact) mass is 399 g/mol. The average molecular weight is 399 g/mol. The van der Waals surface area contributed by atoms with Gasteiger partial charge in [-0.05, 0) is 16.6 Å². The van der Waals surface area contributed by atoms with Crippen molar-refractivity contribution in [3.63, 3.8) is 0 Å². The number of benzene rings is 2. The van der Waals surface area contributed by atoms with Gasteiger partial charge in [0.25, 0.3) is 5.91 Å². The highest BCUT2D eigenvalue weighted by Crippen LogP contribution is 2.17. The molecule has 0 spiro atoms. The molecule has 2 rings (SSSR count). The quantitative estimate of drug-likeness (QED) is 0.479. The Morgan fingerprint density at radius 1 is 0.931 bits per heavy atom. The SMILES string of the molecule is COB(OC)c1ccc(C[C@H](NC(=O)[C@@H](OC)c2ccccc2)C(=O)OC)cc1. The highest BCUT2D eigenvalue weighted by Gasteiger charge is 2.27. The molecule has 0 heterocycles. The van der Waals surface area contributed by atoms with Gasteiger partial charge in [-0.25, -0.2) is 4.79 Å². The van der Waals surface area contributed by atoms with Crippen molar-refractivity contribution in [3.8, 4) is 0 Å². The van der Waals surface area contributed by atoms with Crippen LogP contribution in [0.2, 0.25) is 0 Å². The molecule has 1 amide bonds. The number of hydrogen-bond donors (Lipinski definition) is 1. The van der Waals surface area contributed by atoms with E-state index in [1.54, 1.807) is 26.4 Å². The predicted octanol–water partition coefficient (Wildman–Crippen LogP) is 1.26. The molecule has 0 saturated heterocycles. The minimum Gasteiger partial charge on any atom is -0.467 e. The lowest BCUT2D eigenvalue weighted by Gasteiger charge is -2.21. The smallest absolute Gasteiger partial charge is 0.467 e. The number of nitrogens with one attached hydrogen (secondary N) is 1.